The maximum absolute atomic E-state index is 3.58. The molecule has 0 bridgehead atoms. The van der Waals surface area contributed by atoms with Crippen molar-refractivity contribution in [3.05, 3.63) is 34.9 Å². The van der Waals surface area contributed by atoms with Crippen LogP contribution >= 0.6 is 0 Å². The highest BCUT2D eigenvalue weighted by Crippen LogP contribution is 2.30. The molecule has 2 rings (SSSR count). The molecule has 1 nitrogen and oxygen atoms in total. The summed E-state index contributed by atoms with van der Waals surface area (Å²) in [5, 5.41) is 3.58. The van der Waals surface area contributed by atoms with E-state index in [9.17, 15) is 0 Å². The molecule has 15 heavy (non-hydrogen) atoms. The minimum Gasteiger partial charge on any atom is -0.307 e. The number of nitrogens with one attached hydrogen (secondary N) is 1. The van der Waals surface area contributed by atoms with Gasteiger partial charge in [0.15, 0.2) is 0 Å². The van der Waals surface area contributed by atoms with E-state index in [0.29, 0.717) is 5.92 Å². The van der Waals surface area contributed by atoms with E-state index in [1.165, 1.54) is 16.7 Å². The Hall–Kier alpha value is -0.820. The van der Waals surface area contributed by atoms with Crippen molar-refractivity contribution in [2.24, 2.45) is 0 Å². The molecule has 1 heterocycles. The average Bonchev–Trinajstić information content (AvgIpc) is 2.17. The molecule has 1 aliphatic heterocycles. The smallest absolute Gasteiger partial charge is 0.0380 e. The van der Waals surface area contributed by atoms with Gasteiger partial charge in [0.2, 0.25) is 0 Å². The van der Waals surface area contributed by atoms with E-state index in [4.69, 9.17) is 0 Å². The minimum absolute atomic E-state index is 0.137. The zero-order chi connectivity index (χ0) is 11.1. The molecule has 0 amide bonds. The molecule has 0 aromatic heterocycles. The second-order valence-corrected chi connectivity index (χ2v) is 5.37. The Balaban J connectivity index is 2.49. The summed E-state index contributed by atoms with van der Waals surface area (Å²) in [7, 11) is 0. The minimum atomic E-state index is 0.137. The van der Waals surface area contributed by atoms with Gasteiger partial charge in [-0.15, -0.1) is 0 Å². The van der Waals surface area contributed by atoms with Crippen LogP contribution in [0.4, 0.5) is 0 Å². The predicted octanol–water partition coefficient (Wildman–Crippen LogP) is 3.19. The lowest BCUT2D eigenvalue weighted by atomic mass is 9.83. The molecule has 0 fully saturated rings. The van der Waals surface area contributed by atoms with E-state index in [1.807, 2.05) is 0 Å². The topological polar surface area (TPSA) is 12.0 Å². The number of rotatable bonds is 1. The molecular formula is C14H21N. The maximum Gasteiger partial charge on any atom is 0.0380 e. The van der Waals surface area contributed by atoms with Crippen molar-refractivity contribution in [2.75, 3.05) is 6.54 Å². The van der Waals surface area contributed by atoms with Gasteiger partial charge in [-0.1, -0.05) is 32.0 Å². The lowest BCUT2D eigenvalue weighted by molar-refractivity contribution is 0.381. The Bertz CT molecular complexity index is 364. The normalized spacial score (nSPS) is 19.0. The van der Waals surface area contributed by atoms with E-state index in [1.54, 1.807) is 0 Å². The van der Waals surface area contributed by atoms with E-state index in [2.05, 4.69) is 51.2 Å². The first kappa shape index (κ1) is 10.7. The van der Waals surface area contributed by atoms with Crippen LogP contribution in [0.2, 0.25) is 0 Å². The summed E-state index contributed by atoms with van der Waals surface area (Å²) in [6.07, 6.45) is 1.16. The molecule has 0 atom stereocenters. The van der Waals surface area contributed by atoms with E-state index in [-0.39, 0.29) is 5.54 Å². The van der Waals surface area contributed by atoms with Crippen molar-refractivity contribution in [3.8, 4) is 0 Å². The fourth-order valence-electron chi connectivity index (χ4n) is 2.36. The Labute approximate surface area is 92.9 Å². The van der Waals surface area contributed by atoms with E-state index in [0.717, 1.165) is 13.0 Å². The SMILES string of the molecule is CC(C)c1ccc2c(c1)C(C)(C)NCC2. The highest BCUT2D eigenvalue weighted by molar-refractivity contribution is 5.39. The van der Waals surface area contributed by atoms with Crippen LogP contribution in [0.1, 0.15) is 50.3 Å². The third-order valence-electron chi connectivity index (χ3n) is 3.44. The zero-order valence-electron chi connectivity index (χ0n) is 10.2. The van der Waals surface area contributed by atoms with Crippen molar-refractivity contribution in [3.63, 3.8) is 0 Å². The fraction of sp³-hybridized carbons (Fsp3) is 0.571. The van der Waals surface area contributed by atoms with Gasteiger partial charge in [0.1, 0.15) is 0 Å². The molecule has 1 aromatic rings. The molecule has 82 valence electrons. The number of fused-ring (bicyclic) bond motifs is 1. The summed E-state index contributed by atoms with van der Waals surface area (Å²) >= 11 is 0. The van der Waals surface area contributed by atoms with Crippen molar-refractivity contribution in [1.82, 2.24) is 5.32 Å². The number of hydrogen-bond donors (Lipinski definition) is 1. The Morgan fingerprint density at radius 2 is 2.00 bits per heavy atom. The van der Waals surface area contributed by atoms with Crippen molar-refractivity contribution in [1.29, 1.82) is 0 Å². The van der Waals surface area contributed by atoms with E-state index >= 15 is 0 Å². The van der Waals surface area contributed by atoms with Crippen LogP contribution in [0, 0.1) is 0 Å². The molecule has 0 unspecified atom stereocenters. The number of hydrogen-bond acceptors (Lipinski definition) is 1. The van der Waals surface area contributed by atoms with Gasteiger partial charge in [0.25, 0.3) is 0 Å². The molecular weight excluding hydrogens is 182 g/mol. The van der Waals surface area contributed by atoms with Gasteiger partial charge in [-0.3, -0.25) is 0 Å². The third-order valence-corrected chi connectivity index (χ3v) is 3.44. The van der Waals surface area contributed by atoms with Gasteiger partial charge in [-0.2, -0.15) is 0 Å². The largest absolute Gasteiger partial charge is 0.307 e. The highest BCUT2D eigenvalue weighted by atomic mass is 15.0. The first-order valence-corrected chi connectivity index (χ1v) is 5.89. The van der Waals surface area contributed by atoms with Crippen LogP contribution in [0.25, 0.3) is 0 Å². The van der Waals surface area contributed by atoms with Gasteiger partial charge in [-0.05, 0) is 49.4 Å². The van der Waals surface area contributed by atoms with Crippen molar-refractivity contribution < 1.29 is 0 Å². The molecule has 0 radical (unpaired) electrons. The molecule has 1 aliphatic rings. The van der Waals surface area contributed by atoms with Crippen LogP contribution < -0.4 is 5.32 Å². The number of benzene rings is 1. The average molecular weight is 203 g/mol. The molecule has 1 heteroatoms. The monoisotopic (exact) mass is 203 g/mol. The first-order valence-electron chi connectivity index (χ1n) is 5.89. The van der Waals surface area contributed by atoms with Gasteiger partial charge < -0.3 is 5.32 Å². The lowest BCUT2D eigenvalue weighted by Gasteiger charge is -2.34. The van der Waals surface area contributed by atoms with Crippen LogP contribution in [0.3, 0.4) is 0 Å². The summed E-state index contributed by atoms with van der Waals surface area (Å²) in [6, 6.07) is 6.98. The van der Waals surface area contributed by atoms with Crippen LogP contribution in [0.15, 0.2) is 18.2 Å². The summed E-state index contributed by atoms with van der Waals surface area (Å²) in [4.78, 5) is 0. The predicted molar refractivity (Wildman–Crippen MR) is 65.3 cm³/mol. The van der Waals surface area contributed by atoms with Gasteiger partial charge >= 0.3 is 0 Å². The van der Waals surface area contributed by atoms with Crippen LogP contribution in [-0.4, -0.2) is 6.54 Å². The quantitative estimate of drug-likeness (QED) is 0.739. The molecule has 1 aromatic carbocycles. The highest BCUT2D eigenvalue weighted by Gasteiger charge is 2.26. The molecule has 0 spiro atoms. The second-order valence-electron chi connectivity index (χ2n) is 5.37. The summed E-state index contributed by atoms with van der Waals surface area (Å²) in [5.41, 5.74) is 4.59. The summed E-state index contributed by atoms with van der Waals surface area (Å²) < 4.78 is 0. The van der Waals surface area contributed by atoms with Crippen molar-refractivity contribution >= 4 is 0 Å². The third kappa shape index (κ3) is 1.93. The Morgan fingerprint density at radius 3 is 2.67 bits per heavy atom. The molecule has 0 aliphatic carbocycles. The second kappa shape index (κ2) is 3.64. The van der Waals surface area contributed by atoms with Crippen LogP contribution in [0.5, 0.6) is 0 Å². The van der Waals surface area contributed by atoms with Gasteiger partial charge in [-0.25, -0.2) is 0 Å². The Morgan fingerprint density at radius 1 is 1.27 bits per heavy atom. The fourth-order valence-corrected chi connectivity index (χ4v) is 2.36. The molecule has 1 N–H and O–H groups in total. The molecule has 0 saturated carbocycles. The zero-order valence-corrected chi connectivity index (χ0v) is 10.2. The lowest BCUT2D eigenvalue weighted by Crippen LogP contribution is -2.42. The standard InChI is InChI=1S/C14H21N/c1-10(2)12-6-5-11-7-8-15-14(3,4)13(11)9-12/h5-6,9-10,15H,7-8H2,1-4H3. The first-order chi connectivity index (χ1) is 7.00. The van der Waals surface area contributed by atoms with E-state index < -0.39 is 0 Å². The maximum atomic E-state index is 3.58. The summed E-state index contributed by atoms with van der Waals surface area (Å²) in [5.74, 6) is 0.619. The summed E-state index contributed by atoms with van der Waals surface area (Å²) in [6.45, 7) is 10.2. The van der Waals surface area contributed by atoms with Gasteiger partial charge in [0.05, 0.1) is 0 Å². The Kier molecular flexibility index (Phi) is 2.59. The van der Waals surface area contributed by atoms with Gasteiger partial charge in [0, 0.05) is 5.54 Å². The van der Waals surface area contributed by atoms with Crippen LogP contribution in [-0.2, 0) is 12.0 Å². The van der Waals surface area contributed by atoms with Crippen molar-refractivity contribution in [2.45, 2.75) is 45.6 Å². The molecule has 0 saturated heterocycles.